The van der Waals surface area contributed by atoms with Gasteiger partial charge in [0.2, 0.25) is 0 Å². The van der Waals surface area contributed by atoms with Crippen molar-refractivity contribution in [2.24, 2.45) is 17.8 Å². The molecule has 1 saturated carbocycles. The van der Waals surface area contributed by atoms with Gasteiger partial charge < -0.3 is 14.5 Å². The summed E-state index contributed by atoms with van der Waals surface area (Å²) in [7, 11) is 4.00. The van der Waals surface area contributed by atoms with Crippen LogP contribution in [0.5, 0.6) is 0 Å². The molecule has 1 aliphatic carbocycles. The summed E-state index contributed by atoms with van der Waals surface area (Å²) in [5, 5.41) is 0. The maximum Gasteiger partial charge on any atom is 0.290 e. The molecule has 1 aromatic rings. The molecule has 5 heteroatoms. The first-order valence-corrected chi connectivity index (χ1v) is 11.7. The number of carbonyl (C=O) groups excluding carboxylic acids is 2. The van der Waals surface area contributed by atoms with E-state index in [0.29, 0.717) is 35.6 Å². The maximum absolute atomic E-state index is 13.8. The third-order valence-corrected chi connectivity index (χ3v) is 7.51. The molecule has 1 fully saturated rings. The minimum Gasteiger partial charge on any atom is -0.483 e. The molecule has 3 aliphatic rings. The molecular weight excluding hydrogens is 388 g/mol. The standard InChI is InChI=1S/C26H36N2O3/c1-15(2)18-7-9-19(10-8-18)23-22-24(29)20-13-16(3)17(4)14-21(20)31-25(22)26(30)28(23)12-11-27(5)6/h7-10,15-17,20-21,23H,11-14H2,1-6H3. The molecule has 2 heterocycles. The van der Waals surface area contributed by atoms with Crippen LogP contribution in [0, 0.1) is 17.8 Å². The van der Waals surface area contributed by atoms with E-state index in [9.17, 15) is 9.59 Å². The minimum absolute atomic E-state index is 0.128. The zero-order valence-corrected chi connectivity index (χ0v) is 19.7. The van der Waals surface area contributed by atoms with Crippen LogP contribution >= 0.6 is 0 Å². The highest BCUT2D eigenvalue weighted by atomic mass is 16.5. The molecule has 2 aliphatic heterocycles. The summed E-state index contributed by atoms with van der Waals surface area (Å²) < 4.78 is 6.32. The Balaban J connectivity index is 1.73. The van der Waals surface area contributed by atoms with E-state index in [1.54, 1.807) is 0 Å². The Morgan fingerprint density at radius 2 is 1.71 bits per heavy atom. The maximum atomic E-state index is 13.8. The predicted molar refractivity (Wildman–Crippen MR) is 121 cm³/mol. The van der Waals surface area contributed by atoms with Gasteiger partial charge in [0.05, 0.1) is 17.5 Å². The van der Waals surface area contributed by atoms with Gasteiger partial charge in [-0.2, -0.15) is 0 Å². The van der Waals surface area contributed by atoms with Crippen molar-refractivity contribution in [3.05, 3.63) is 46.7 Å². The first-order chi connectivity index (χ1) is 14.7. The summed E-state index contributed by atoms with van der Waals surface area (Å²) in [4.78, 5) is 31.1. The molecular formula is C26H36N2O3. The zero-order chi connectivity index (χ0) is 22.4. The third-order valence-electron chi connectivity index (χ3n) is 7.51. The van der Waals surface area contributed by atoms with Gasteiger partial charge in [-0.3, -0.25) is 9.59 Å². The van der Waals surface area contributed by atoms with Gasteiger partial charge in [0, 0.05) is 13.1 Å². The highest BCUT2D eigenvalue weighted by Crippen LogP contribution is 2.48. The van der Waals surface area contributed by atoms with Crippen LogP contribution in [0.25, 0.3) is 0 Å². The SMILES string of the molecule is CC(C)c1ccc(C2C3=C(OC4CC(C)C(C)CC4C3=O)C(=O)N2CCN(C)C)cc1. The fourth-order valence-corrected chi connectivity index (χ4v) is 5.26. The lowest BCUT2D eigenvalue weighted by Crippen LogP contribution is -2.43. The summed E-state index contributed by atoms with van der Waals surface area (Å²) in [5.74, 6) is 1.59. The Bertz CT molecular complexity index is 886. The molecule has 0 aromatic heterocycles. The van der Waals surface area contributed by atoms with Gasteiger partial charge in [-0.25, -0.2) is 0 Å². The molecule has 1 amide bonds. The van der Waals surface area contributed by atoms with E-state index in [1.165, 1.54) is 5.56 Å². The van der Waals surface area contributed by atoms with Crippen LogP contribution in [-0.4, -0.2) is 54.8 Å². The van der Waals surface area contributed by atoms with Crippen molar-refractivity contribution in [3.63, 3.8) is 0 Å². The molecule has 0 N–H and O–H groups in total. The lowest BCUT2D eigenvalue weighted by Gasteiger charge is -2.40. The highest BCUT2D eigenvalue weighted by molar-refractivity contribution is 6.11. The largest absolute Gasteiger partial charge is 0.483 e. The smallest absolute Gasteiger partial charge is 0.290 e. The van der Waals surface area contributed by atoms with Crippen molar-refractivity contribution in [1.29, 1.82) is 0 Å². The van der Waals surface area contributed by atoms with Gasteiger partial charge >= 0.3 is 0 Å². The van der Waals surface area contributed by atoms with E-state index >= 15 is 0 Å². The van der Waals surface area contributed by atoms with Crippen LogP contribution in [0.3, 0.4) is 0 Å². The summed E-state index contributed by atoms with van der Waals surface area (Å²) in [5.41, 5.74) is 2.83. The van der Waals surface area contributed by atoms with Gasteiger partial charge in [-0.05, 0) is 55.8 Å². The monoisotopic (exact) mass is 424 g/mol. The average molecular weight is 425 g/mol. The summed E-state index contributed by atoms with van der Waals surface area (Å²) in [6, 6.07) is 8.04. The fourth-order valence-electron chi connectivity index (χ4n) is 5.26. The predicted octanol–water partition coefficient (Wildman–Crippen LogP) is 4.16. The Morgan fingerprint density at radius 1 is 1.06 bits per heavy atom. The molecule has 5 unspecified atom stereocenters. The van der Waals surface area contributed by atoms with Crippen molar-refractivity contribution in [2.45, 2.75) is 58.6 Å². The van der Waals surface area contributed by atoms with Crippen LogP contribution in [0.1, 0.15) is 63.6 Å². The second-order valence-electron chi connectivity index (χ2n) is 10.3. The van der Waals surface area contributed by atoms with Crippen molar-refractivity contribution in [2.75, 3.05) is 27.2 Å². The third kappa shape index (κ3) is 3.93. The quantitative estimate of drug-likeness (QED) is 0.712. The van der Waals surface area contributed by atoms with Gasteiger partial charge in [0.1, 0.15) is 6.10 Å². The van der Waals surface area contributed by atoms with Gasteiger partial charge in [-0.15, -0.1) is 0 Å². The number of hydrogen-bond acceptors (Lipinski definition) is 4. The second kappa shape index (κ2) is 8.42. The Morgan fingerprint density at radius 3 is 2.32 bits per heavy atom. The number of hydrogen-bond donors (Lipinski definition) is 0. The number of nitrogens with zero attached hydrogens (tertiary/aromatic N) is 2. The van der Waals surface area contributed by atoms with Crippen LogP contribution in [0.4, 0.5) is 0 Å². The number of carbonyl (C=O) groups is 2. The van der Waals surface area contributed by atoms with E-state index in [0.717, 1.165) is 24.9 Å². The minimum atomic E-state index is -0.355. The second-order valence-corrected chi connectivity index (χ2v) is 10.3. The topological polar surface area (TPSA) is 49.9 Å². The van der Waals surface area contributed by atoms with Crippen molar-refractivity contribution >= 4 is 11.7 Å². The molecule has 0 radical (unpaired) electrons. The van der Waals surface area contributed by atoms with E-state index in [2.05, 4.69) is 56.9 Å². The molecule has 0 spiro atoms. The summed E-state index contributed by atoms with van der Waals surface area (Å²) in [6.45, 7) is 10.1. The van der Waals surface area contributed by atoms with Crippen LogP contribution in [0.15, 0.2) is 35.6 Å². The van der Waals surface area contributed by atoms with Gasteiger partial charge in [0.15, 0.2) is 11.5 Å². The van der Waals surface area contributed by atoms with E-state index in [1.807, 2.05) is 19.0 Å². The average Bonchev–Trinajstić information content (AvgIpc) is 3.00. The van der Waals surface area contributed by atoms with Crippen LogP contribution < -0.4 is 0 Å². The molecule has 5 atom stereocenters. The lowest BCUT2D eigenvalue weighted by molar-refractivity contribution is -0.137. The van der Waals surface area contributed by atoms with Crippen molar-refractivity contribution in [3.8, 4) is 0 Å². The Hall–Kier alpha value is -2.14. The first-order valence-electron chi connectivity index (χ1n) is 11.7. The van der Waals surface area contributed by atoms with E-state index in [4.69, 9.17) is 4.74 Å². The zero-order valence-electron chi connectivity index (χ0n) is 19.7. The van der Waals surface area contributed by atoms with Gasteiger partial charge in [0.25, 0.3) is 5.91 Å². The number of Topliss-reactive ketones (excluding diaryl/α,β-unsaturated/α-hetero) is 1. The van der Waals surface area contributed by atoms with Gasteiger partial charge in [-0.1, -0.05) is 52.0 Å². The van der Waals surface area contributed by atoms with E-state index in [-0.39, 0.29) is 29.8 Å². The molecule has 0 bridgehead atoms. The molecule has 5 nitrogen and oxygen atoms in total. The number of benzene rings is 1. The molecule has 31 heavy (non-hydrogen) atoms. The number of amides is 1. The molecule has 1 aromatic carbocycles. The number of rotatable bonds is 5. The molecule has 4 rings (SSSR count). The number of fused-ring (bicyclic) bond motifs is 1. The Labute approximate surface area is 186 Å². The van der Waals surface area contributed by atoms with Crippen LogP contribution in [-0.2, 0) is 14.3 Å². The normalized spacial score (nSPS) is 30.7. The van der Waals surface area contributed by atoms with Crippen molar-refractivity contribution in [1.82, 2.24) is 9.80 Å². The highest BCUT2D eigenvalue weighted by Gasteiger charge is 2.53. The molecule has 168 valence electrons. The summed E-state index contributed by atoms with van der Waals surface area (Å²) in [6.07, 6.45) is 1.51. The number of ketones is 1. The van der Waals surface area contributed by atoms with Crippen molar-refractivity contribution < 1.29 is 14.3 Å². The number of ether oxygens (including phenoxy) is 1. The first kappa shape index (κ1) is 22.1. The summed E-state index contributed by atoms with van der Waals surface area (Å²) >= 11 is 0. The molecule has 0 saturated heterocycles. The Kier molecular flexibility index (Phi) is 5.99. The number of likely N-dealkylation sites (N-methyl/N-ethyl adjacent to an activating group) is 1. The van der Waals surface area contributed by atoms with E-state index < -0.39 is 0 Å². The van der Waals surface area contributed by atoms with Crippen LogP contribution in [0.2, 0.25) is 0 Å². The fraction of sp³-hybridized carbons (Fsp3) is 0.615. The lowest BCUT2D eigenvalue weighted by atomic mass is 9.70.